The van der Waals surface area contributed by atoms with Crippen LogP contribution in [0.15, 0.2) is 24.8 Å². The van der Waals surface area contributed by atoms with Crippen molar-refractivity contribution in [2.75, 3.05) is 60.1 Å². The van der Waals surface area contributed by atoms with Crippen LogP contribution in [0.25, 0.3) is 0 Å². The first-order chi connectivity index (χ1) is 42.8. The second kappa shape index (κ2) is 35.5. The Hall–Kier alpha value is -6.47. The molecule has 3 saturated heterocycles. The zero-order valence-electron chi connectivity index (χ0n) is 57.4. The molecule has 25 heteroatoms. The van der Waals surface area contributed by atoms with Crippen LogP contribution < -0.4 is 37.6 Å². The molecule has 13 unspecified atom stereocenters. The lowest BCUT2D eigenvalue weighted by molar-refractivity contribution is -0.159. The molecule has 0 aromatic heterocycles. The topological polar surface area (TPSA) is 321 Å². The lowest BCUT2D eigenvalue weighted by atomic mass is 9.80. The van der Waals surface area contributed by atoms with E-state index < -0.39 is 161 Å². The number of hydrogen-bond donors (Lipinski definition) is 7. The molecule has 4 rings (SSSR count). The highest BCUT2D eigenvalue weighted by Crippen LogP contribution is 2.56. The van der Waals surface area contributed by atoms with Gasteiger partial charge < -0.3 is 66.7 Å². The highest BCUT2D eigenvalue weighted by atomic mass is 16.5. The van der Waals surface area contributed by atoms with E-state index in [9.17, 15) is 38.4 Å². The SMILES string of the molecule is C=CC1C2CCC(=O)N1C(C(C)C)C(=O)NC(C1(C(C)CC=CC)CC1)C(=O)NC(CC)C(=O)NCC(=O)N(C)C(C(C)OCCCCN1CCOCC1)C(=O)NC(C(C)C)C(=O)NC(CC(C)C)C(=O)NC(C)C(=O)N2C(C)C(=O)N(C)C(CC(C)C)C(N)=O. The first-order valence-electron chi connectivity index (χ1n) is 33.2. The summed E-state index contributed by atoms with van der Waals surface area (Å²) in [7, 11) is 2.81. The molecule has 3 heterocycles. The van der Waals surface area contributed by atoms with Crippen molar-refractivity contribution in [2.24, 2.45) is 40.7 Å². The lowest BCUT2D eigenvalue weighted by Crippen LogP contribution is -2.69. The van der Waals surface area contributed by atoms with Crippen LogP contribution in [0.1, 0.15) is 161 Å². The number of nitrogens with zero attached hydrogens (tertiary/aromatic N) is 5. The van der Waals surface area contributed by atoms with Crippen molar-refractivity contribution in [3.63, 3.8) is 0 Å². The van der Waals surface area contributed by atoms with Gasteiger partial charge in [0, 0.05) is 45.6 Å². The Morgan fingerprint density at radius 1 is 0.780 bits per heavy atom. The van der Waals surface area contributed by atoms with E-state index in [4.69, 9.17) is 15.2 Å². The monoisotopic (exact) mass is 1280 g/mol. The number of rotatable bonds is 23. The number of ether oxygens (including phenoxy) is 2. The summed E-state index contributed by atoms with van der Waals surface area (Å²) in [6.07, 6.45) is 7.46. The molecule has 13 atom stereocenters. The molecule has 1 aliphatic carbocycles. The minimum Gasteiger partial charge on any atom is -0.379 e. The van der Waals surface area contributed by atoms with Gasteiger partial charge in [0.25, 0.3) is 0 Å². The van der Waals surface area contributed by atoms with E-state index in [1.54, 1.807) is 41.5 Å². The minimum atomic E-state index is -1.42. The van der Waals surface area contributed by atoms with Gasteiger partial charge in [-0.2, -0.15) is 0 Å². The van der Waals surface area contributed by atoms with Crippen LogP contribution in [0.5, 0.6) is 0 Å². The lowest BCUT2D eigenvalue weighted by Gasteiger charge is -2.50. The van der Waals surface area contributed by atoms with E-state index in [1.165, 1.54) is 48.7 Å². The quantitative estimate of drug-likeness (QED) is 0.0572. The molecule has 0 spiro atoms. The van der Waals surface area contributed by atoms with Crippen LogP contribution in [-0.4, -0.2) is 222 Å². The molecule has 91 heavy (non-hydrogen) atoms. The molecular formula is C66H112N12O13. The third-order valence-corrected chi connectivity index (χ3v) is 18.6. The van der Waals surface area contributed by atoms with Crippen molar-refractivity contribution < 1.29 is 62.2 Å². The number of allylic oxidation sites excluding steroid dienone is 2. The van der Waals surface area contributed by atoms with Crippen LogP contribution in [0.4, 0.5) is 0 Å². The third kappa shape index (κ3) is 20.5. The summed E-state index contributed by atoms with van der Waals surface area (Å²) in [5.41, 5.74) is 5.11. The molecule has 25 nitrogen and oxygen atoms in total. The molecule has 4 aliphatic rings. The average molecular weight is 1280 g/mol. The first-order valence-corrected chi connectivity index (χ1v) is 33.2. The Morgan fingerprint density at radius 3 is 1.96 bits per heavy atom. The fraction of sp³-hybridized carbons (Fsp3) is 0.773. The smallest absolute Gasteiger partial charge is 0.246 e. The number of nitrogens with two attached hydrogens (primary N) is 1. The third-order valence-electron chi connectivity index (χ3n) is 18.6. The molecule has 2 bridgehead atoms. The second-order valence-corrected chi connectivity index (χ2v) is 27.1. The van der Waals surface area contributed by atoms with Crippen molar-refractivity contribution >= 4 is 65.0 Å². The summed E-state index contributed by atoms with van der Waals surface area (Å²) in [5.74, 6) is -9.47. The molecule has 3 aliphatic heterocycles. The number of hydrogen-bond acceptors (Lipinski definition) is 14. The van der Waals surface area contributed by atoms with Gasteiger partial charge in [-0.25, -0.2) is 0 Å². The maximum Gasteiger partial charge on any atom is 0.246 e. The number of unbranched alkanes of at least 4 members (excludes halogenated alkanes) is 1. The van der Waals surface area contributed by atoms with E-state index in [2.05, 4.69) is 43.4 Å². The molecule has 514 valence electrons. The number of likely N-dealkylation sites (N-methyl/N-ethyl adjacent to an activating group) is 2. The van der Waals surface area contributed by atoms with Crippen molar-refractivity contribution in [1.29, 1.82) is 0 Å². The number of fused-ring (bicyclic) bond motifs is 2. The van der Waals surface area contributed by atoms with E-state index >= 15 is 14.4 Å². The largest absolute Gasteiger partial charge is 0.379 e. The van der Waals surface area contributed by atoms with E-state index in [0.717, 1.165) is 31.0 Å². The van der Waals surface area contributed by atoms with Crippen LogP contribution >= 0.6 is 0 Å². The summed E-state index contributed by atoms with van der Waals surface area (Å²) < 4.78 is 11.8. The maximum absolute atomic E-state index is 15.6. The fourth-order valence-corrected chi connectivity index (χ4v) is 13.0. The number of nitrogens with one attached hydrogen (secondary N) is 6. The summed E-state index contributed by atoms with van der Waals surface area (Å²) in [6.45, 7) is 31.9. The van der Waals surface area contributed by atoms with Crippen molar-refractivity contribution in [3.8, 4) is 0 Å². The second-order valence-electron chi connectivity index (χ2n) is 27.1. The predicted molar refractivity (Wildman–Crippen MR) is 346 cm³/mol. The minimum absolute atomic E-state index is 0.0364. The average Bonchev–Trinajstić information content (AvgIpc) is 1.70. The highest BCUT2D eigenvalue weighted by molar-refractivity contribution is 5.99. The maximum atomic E-state index is 15.6. The zero-order chi connectivity index (χ0) is 68.4. The Balaban J connectivity index is 1.93. The first kappa shape index (κ1) is 77.0. The number of primary amides is 1. The number of morpholine rings is 1. The molecule has 4 fully saturated rings. The van der Waals surface area contributed by atoms with Crippen LogP contribution in [0.2, 0.25) is 0 Å². The highest BCUT2D eigenvalue weighted by Gasteiger charge is 2.57. The zero-order valence-corrected chi connectivity index (χ0v) is 57.4. The summed E-state index contributed by atoms with van der Waals surface area (Å²) >= 11 is 0. The van der Waals surface area contributed by atoms with Crippen molar-refractivity contribution in [2.45, 2.75) is 234 Å². The molecule has 0 radical (unpaired) electrons. The number of piperidine rings is 1. The van der Waals surface area contributed by atoms with Gasteiger partial charge in [-0.3, -0.25) is 57.6 Å². The molecule has 0 aromatic rings. The molecule has 0 aromatic carbocycles. The summed E-state index contributed by atoms with van der Waals surface area (Å²) in [5, 5.41) is 17.1. The normalized spacial score (nSPS) is 27.4. The summed E-state index contributed by atoms with van der Waals surface area (Å²) in [6, 6.07) is -13.9. The van der Waals surface area contributed by atoms with E-state index in [1.807, 2.05) is 53.7 Å². The molecule has 8 N–H and O–H groups in total. The van der Waals surface area contributed by atoms with Gasteiger partial charge in [-0.05, 0) is 122 Å². The number of carbonyl (C=O) groups excluding carboxylic acids is 11. The van der Waals surface area contributed by atoms with Crippen LogP contribution in [0, 0.1) is 35.0 Å². The van der Waals surface area contributed by atoms with Crippen LogP contribution in [0.3, 0.4) is 0 Å². The van der Waals surface area contributed by atoms with E-state index in [-0.39, 0.29) is 56.5 Å². The van der Waals surface area contributed by atoms with Gasteiger partial charge in [-0.1, -0.05) is 87.5 Å². The van der Waals surface area contributed by atoms with Crippen molar-refractivity contribution in [3.05, 3.63) is 24.8 Å². The standard InChI is InChI=1S/C66H112N12O13/c1-18-21-24-42(12)66(27-28-66)56-63(87)70-46(19-2)58(82)68-37-52(80)75(17)55(45(15)91-32-23-22-29-76-30-33-90-34-31-76)62(86)72-53(40(8)9)60(84)71-47(35-38(4)5)59(83)69-43(13)64(88)77(44(14)65(89)74(16)50(57(67)81)36-39(6)7)49-25-26-51(79)78(48(49)20-3)54(41(10)11)61(85)73-56/h18,20-21,38-50,53-56H,3,19,22-37H2,1-2,4-17H3,(H2,67,81)(H,68,82)(H,69,83)(H,70,87)(H,71,84)(H,72,86)(H,73,85). The molecule has 11 amide bonds. The van der Waals surface area contributed by atoms with E-state index in [0.29, 0.717) is 38.9 Å². The molecule has 1 saturated carbocycles. The Labute approximate surface area is 541 Å². The Kier molecular flexibility index (Phi) is 30.1. The summed E-state index contributed by atoms with van der Waals surface area (Å²) in [4.78, 5) is 169. The predicted octanol–water partition coefficient (Wildman–Crippen LogP) is 2.54. The van der Waals surface area contributed by atoms with Crippen molar-refractivity contribution in [1.82, 2.24) is 56.4 Å². The van der Waals surface area contributed by atoms with Gasteiger partial charge in [0.05, 0.1) is 37.9 Å². The Morgan fingerprint density at radius 2 is 1.41 bits per heavy atom. The van der Waals surface area contributed by atoms with Crippen LogP contribution in [-0.2, 0) is 62.2 Å². The van der Waals surface area contributed by atoms with Gasteiger partial charge in [0.1, 0.15) is 54.4 Å². The van der Waals surface area contributed by atoms with Gasteiger partial charge in [-0.15, -0.1) is 6.58 Å². The number of carbonyl (C=O) groups is 11. The number of amides is 11. The van der Waals surface area contributed by atoms with Gasteiger partial charge in [0.2, 0.25) is 65.0 Å². The molecular weight excluding hydrogens is 1170 g/mol. The van der Waals surface area contributed by atoms with Gasteiger partial charge in [0.15, 0.2) is 0 Å². The Bertz CT molecular complexity index is 2570. The van der Waals surface area contributed by atoms with Gasteiger partial charge >= 0.3 is 0 Å². The fourth-order valence-electron chi connectivity index (χ4n) is 13.0.